The van der Waals surface area contributed by atoms with Crippen LogP contribution in [0.15, 0.2) is 60.7 Å². The van der Waals surface area contributed by atoms with Gasteiger partial charge in [-0.2, -0.15) is 0 Å². The minimum atomic E-state index is -0.325. The molecule has 0 unspecified atom stereocenters. The number of benzene rings is 2. The molecule has 0 radical (unpaired) electrons. The van der Waals surface area contributed by atoms with Gasteiger partial charge in [0.25, 0.3) is 0 Å². The van der Waals surface area contributed by atoms with Crippen LogP contribution >= 0.6 is 47.8 Å². The van der Waals surface area contributed by atoms with Gasteiger partial charge in [-0.3, -0.25) is 0 Å². The highest BCUT2D eigenvalue weighted by Crippen LogP contribution is 2.21. The van der Waals surface area contributed by atoms with Gasteiger partial charge in [0.2, 0.25) is 0 Å². The number of H-pyrrole nitrogens is 1. The molecule has 5 nitrogen and oxygen atoms in total. The number of para-hydroxylation sites is 1. The van der Waals surface area contributed by atoms with Crippen molar-refractivity contribution in [2.45, 2.75) is 0 Å². The molecule has 0 atom stereocenters. The molecule has 106 valence electrons. The number of hydrogen-bond acceptors (Lipinski definition) is 2. The summed E-state index contributed by atoms with van der Waals surface area (Å²) in [5.74, 6) is 0. The number of halogens is 3. The number of nitrogens with zero attached hydrogens (tertiary/aromatic N) is 3. The van der Waals surface area contributed by atoms with E-state index in [2.05, 4.69) is 58.1 Å². The lowest BCUT2D eigenvalue weighted by molar-refractivity contribution is -0.719. The zero-order valence-corrected chi connectivity index (χ0v) is 15.2. The van der Waals surface area contributed by atoms with Crippen LogP contribution in [0.1, 0.15) is 0 Å². The summed E-state index contributed by atoms with van der Waals surface area (Å²) in [7, 11) is 0. The van der Waals surface area contributed by atoms with Crippen LogP contribution in [0.4, 0.5) is 0 Å². The first-order chi connectivity index (χ1) is 10.1. The highest BCUT2D eigenvalue weighted by Gasteiger charge is 2.20. The van der Waals surface area contributed by atoms with E-state index in [0.29, 0.717) is 5.69 Å². The monoisotopic (exact) mass is 473 g/mol. The van der Waals surface area contributed by atoms with Gasteiger partial charge in [0.05, 0.1) is 8.95 Å². The molecule has 1 N–H and O–H groups in total. The van der Waals surface area contributed by atoms with Crippen LogP contribution in [-0.4, -0.2) is 15.0 Å². The molecule has 0 aliphatic heterocycles. The molecule has 0 spiro atoms. The largest absolute Gasteiger partial charge is 0.471 e. The Hall–Kier alpha value is -1.25. The van der Waals surface area contributed by atoms with Crippen molar-refractivity contribution in [1.82, 2.24) is 15.0 Å². The van der Waals surface area contributed by atoms with E-state index in [9.17, 15) is 4.79 Å². The van der Waals surface area contributed by atoms with E-state index in [1.807, 2.05) is 42.5 Å². The standard InChI is InChI=1S/C13H7Br3N4O/c14-8-5-6-10(16)12(7-8)20-17-13(21)19(18-20)11-4-2-1-3-9(11)15/h1-7H/p+1. The van der Waals surface area contributed by atoms with E-state index in [1.165, 1.54) is 9.48 Å². The number of rotatable bonds is 2. The highest BCUT2D eigenvalue weighted by atomic mass is 79.9. The van der Waals surface area contributed by atoms with E-state index >= 15 is 0 Å². The molecule has 3 aromatic rings. The van der Waals surface area contributed by atoms with Crippen LogP contribution in [0.3, 0.4) is 0 Å². The lowest BCUT2D eigenvalue weighted by Crippen LogP contribution is -2.38. The van der Waals surface area contributed by atoms with Crippen molar-refractivity contribution in [2.24, 2.45) is 0 Å². The Labute approximate surface area is 145 Å². The summed E-state index contributed by atoms with van der Waals surface area (Å²) in [5.41, 5.74) is 1.07. The second-order valence-corrected chi connectivity index (χ2v) is 6.80. The van der Waals surface area contributed by atoms with Gasteiger partial charge in [0.15, 0.2) is 11.4 Å². The van der Waals surface area contributed by atoms with Gasteiger partial charge >= 0.3 is 5.69 Å². The molecular weight excluding hydrogens is 468 g/mol. The second kappa shape index (κ2) is 5.86. The van der Waals surface area contributed by atoms with Crippen LogP contribution in [0.5, 0.6) is 0 Å². The van der Waals surface area contributed by atoms with E-state index in [0.717, 1.165) is 19.1 Å². The predicted molar refractivity (Wildman–Crippen MR) is 88.8 cm³/mol. The minimum Gasteiger partial charge on any atom is -0.214 e. The molecule has 0 saturated heterocycles. The first kappa shape index (κ1) is 14.7. The average Bonchev–Trinajstić information content (AvgIpc) is 2.84. The Morgan fingerprint density at radius 3 is 2.57 bits per heavy atom. The summed E-state index contributed by atoms with van der Waals surface area (Å²) in [5, 5.41) is 6.99. The normalized spacial score (nSPS) is 10.8. The smallest absolute Gasteiger partial charge is 0.214 e. The van der Waals surface area contributed by atoms with E-state index < -0.39 is 0 Å². The van der Waals surface area contributed by atoms with Gasteiger partial charge in [0.1, 0.15) is 5.21 Å². The molecular formula is C13H8Br3N4O+. The van der Waals surface area contributed by atoms with Gasteiger partial charge in [-0.15, -0.1) is 5.10 Å². The van der Waals surface area contributed by atoms with E-state index in [4.69, 9.17) is 0 Å². The number of aromatic nitrogens is 4. The molecule has 2 aromatic carbocycles. The van der Waals surface area contributed by atoms with Crippen LogP contribution < -0.4 is 10.5 Å². The SMILES string of the molecule is O=c1[nH][n+](-c2cc(Br)ccc2Br)nn1-c1ccccc1Br. The third-order valence-corrected chi connectivity index (χ3v) is 4.62. The van der Waals surface area contributed by atoms with Crippen molar-refractivity contribution in [3.63, 3.8) is 0 Å². The molecule has 0 amide bonds. The molecule has 0 bridgehead atoms. The highest BCUT2D eigenvalue weighted by molar-refractivity contribution is 9.11. The summed E-state index contributed by atoms with van der Waals surface area (Å²) in [4.78, 5) is 13.6. The summed E-state index contributed by atoms with van der Waals surface area (Å²) >= 11 is 10.3. The van der Waals surface area contributed by atoms with Crippen LogP contribution in [0.25, 0.3) is 11.4 Å². The number of hydrogen-bond donors (Lipinski definition) is 1. The third kappa shape index (κ3) is 2.88. The molecule has 0 fully saturated rings. The maximum Gasteiger partial charge on any atom is 0.471 e. The zero-order valence-electron chi connectivity index (χ0n) is 10.4. The lowest BCUT2D eigenvalue weighted by Gasteiger charge is -1.97. The molecule has 21 heavy (non-hydrogen) atoms. The van der Waals surface area contributed by atoms with Crippen molar-refractivity contribution in [3.8, 4) is 11.4 Å². The molecule has 0 saturated carbocycles. The van der Waals surface area contributed by atoms with Crippen LogP contribution in [-0.2, 0) is 0 Å². The summed E-state index contributed by atoms with van der Waals surface area (Å²) in [6.07, 6.45) is 0. The fraction of sp³-hybridized carbons (Fsp3) is 0. The number of tetrazole rings is 1. The first-order valence-corrected chi connectivity index (χ1v) is 8.26. The van der Waals surface area contributed by atoms with Crippen molar-refractivity contribution in [1.29, 1.82) is 0 Å². The fourth-order valence-corrected chi connectivity index (χ4v) is 3.04. The van der Waals surface area contributed by atoms with E-state index in [1.54, 1.807) is 0 Å². The Balaban J connectivity index is 2.17. The Kier molecular flexibility index (Phi) is 4.10. The summed E-state index contributed by atoms with van der Waals surface area (Å²) < 4.78 is 3.81. The molecule has 1 heterocycles. The van der Waals surface area contributed by atoms with Crippen molar-refractivity contribution in [2.75, 3.05) is 0 Å². The molecule has 3 rings (SSSR count). The van der Waals surface area contributed by atoms with Crippen molar-refractivity contribution < 1.29 is 4.80 Å². The average molecular weight is 476 g/mol. The number of aromatic amines is 1. The quantitative estimate of drug-likeness (QED) is 0.579. The van der Waals surface area contributed by atoms with Crippen molar-refractivity contribution in [3.05, 3.63) is 66.4 Å². The maximum absolute atomic E-state index is 12.1. The Morgan fingerprint density at radius 1 is 1.05 bits per heavy atom. The van der Waals surface area contributed by atoms with Gasteiger partial charge in [-0.05, 0) is 65.6 Å². The first-order valence-electron chi connectivity index (χ1n) is 5.88. The topological polar surface area (TPSA) is 54.6 Å². The minimum absolute atomic E-state index is 0.325. The van der Waals surface area contributed by atoms with Gasteiger partial charge in [0, 0.05) is 10.5 Å². The van der Waals surface area contributed by atoms with Crippen molar-refractivity contribution >= 4 is 47.8 Å². The Morgan fingerprint density at radius 2 is 1.81 bits per heavy atom. The summed E-state index contributed by atoms with van der Waals surface area (Å²) in [6, 6.07) is 13.0. The molecule has 0 aliphatic rings. The maximum atomic E-state index is 12.1. The Bertz CT molecular complexity index is 872. The van der Waals surface area contributed by atoms with Gasteiger partial charge < -0.3 is 0 Å². The number of nitrogens with one attached hydrogen (secondary N) is 1. The zero-order chi connectivity index (χ0) is 15.0. The fourth-order valence-electron chi connectivity index (χ4n) is 1.83. The summed E-state index contributed by atoms with van der Waals surface area (Å²) in [6.45, 7) is 0. The second-order valence-electron chi connectivity index (χ2n) is 4.18. The molecule has 0 aliphatic carbocycles. The van der Waals surface area contributed by atoms with Crippen LogP contribution in [0, 0.1) is 0 Å². The van der Waals surface area contributed by atoms with Crippen LogP contribution in [0.2, 0.25) is 0 Å². The molecule has 8 heteroatoms. The predicted octanol–water partition coefficient (Wildman–Crippen LogP) is 3.12. The third-order valence-electron chi connectivity index (χ3n) is 2.79. The van der Waals surface area contributed by atoms with Gasteiger partial charge in [-0.25, -0.2) is 4.79 Å². The van der Waals surface area contributed by atoms with Gasteiger partial charge in [-0.1, -0.05) is 28.1 Å². The van der Waals surface area contributed by atoms with E-state index in [-0.39, 0.29) is 5.69 Å². The molecule has 1 aromatic heterocycles. The lowest BCUT2D eigenvalue weighted by atomic mass is 10.3.